The van der Waals surface area contributed by atoms with E-state index < -0.39 is 11.9 Å². The van der Waals surface area contributed by atoms with Crippen molar-refractivity contribution >= 4 is 5.91 Å². The first kappa shape index (κ1) is 17.8. The van der Waals surface area contributed by atoms with Crippen LogP contribution in [0.5, 0.6) is 0 Å². The van der Waals surface area contributed by atoms with Crippen LogP contribution in [0.3, 0.4) is 0 Å². The number of rotatable bonds is 6. The molecule has 1 amide bonds. The lowest BCUT2D eigenvalue weighted by Crippen LogP contribution is -2.33. The molecule has 0 aliphatic rings. The molecule has 3 aromatic rings. The average molecular weight is 363 g/mol. The molecule has 1 aromatic carbocycles. The number of amides is 1. The topological polar surface area (TPSA) is 51.3 Å². The highest BCUT2D eigenvalue weighted by Crippen LogP contribution is 2.27. The first-order chi connectivity index (χ1) is 12.4. The molecule has 0 saturated carbocycles. The molecule has 0 atom stereocenters. The highest BCUT2D eigenvalue weighted by molar-refractivity contribution is 5.75. The summed E-state index contributed by atoms with van der Waals surface area (Å²) in [6.07, 6.45) is -1.88. The monoisotopic (exact) mass is 363 g/mol. The Balaban J connectivity index is 1.74. The van der Waals surface area contributed by atoms with Crippen molar-refractivity contribution < 1.29 is 22.4 Å². The normalized spacial score (nSPS) is 11.5. The van der Waals surface area contributed by atoms with Crippen molar-refractivity contribution in [2.24, 2.45) is 0 Å². The molecule has 0 radical (unpaired) electrons. The van der Waals surface area contributed by atoms with Gasteiger partial charge in [-0.2, -0.15) is 18.3 Å². The summed E-state index contributed by atoms with van der Waals surface area (Å²) >= 11 is 0. The highest BCUT2D eigenvalue weighted by Gasteiger charge is 2.33. The summed E-state index contributed by atoms with van der Waals surface area (Å²) in [6.45, 7) is 0.242. The Morgan fingerprint density at radius 1 is 1.08 bits per heavy atom. The van der Waals surface area contributed by atoms with Gasteiger partial charge in [-0.1, -0.05) is 30.3 Å². The number of nitrogens with zero attached hydrogens (tertiary/aromatic N) is 3. The molecule has 26 heavy (non-hydrogen) atoms. The van der Waals surface area contributed by atoms with Crippen molar-refractivity contribution in [2.75, 3.05) is 0 Å². The lowest BCUT2D eigenvalue weighted by Gasteiger charge is -2.22. The van der Waals surface area contributed by atoms with Gasteiger partial charge >= 0.3 is 6.18 Å². The molecule has 0 unspecified atom stereocenters. The molecule has 2 aromatic heterocycles. The minimum absolute atomic E-state index is 0.216. The van der Waals surface area contributed by atoms with E-state index in [2.05, 4.69) is 5.10 Å². The Hall–Kier alpha value is -3.03. The van der Waals surface area contributed by atoms with Gasteiger partial charge in [0.1, 0.15) is 12.3 Å². The van der Waals surface area contributed by atoms with Crippen molar-refractivity contribution in [3.8, 4) is 0 Å². The van der Waals surface area contributed by atoms with Gasteiger partial charge in [0.25, 0.3) is 0 Å². The van der Waals surface area contributed by atoms with E-state index in [1.165, 1.54) is 11.2 Å². The minimum Gasteiger partial charge on any atom is -0.467 e. The number of halogens is 3. The second-order valence-electron chi connectivity index (χ2n) is 5.71. The van der Waals surface area contributed by atoms with Gasteiger partial charge in [0, 0.05) is 12.7 Å². The zero-order chi connectivity index (χ0) is 18.6. The fourth-order valence-electron chi connectivity index (χ4n) is 2.47. The van der Waals surface area contributed by atoms with Crippen LogP contribution >= 0.6 is 0 Å². The number of hydrogen-bond donors (Lipinski definition) is 0. The van der Waals surface area contributed by atoms with Crippen molar-refractivity contribution in [3.63, 3.8) is 0 Å². The number of hydrogen-bond acceptors (Lipinski definition) is 3. The second kappa shape index (κ2) is 7.47. The summed E-state index contributed by atoms with van der Waals surface area (Å²) < 4.78 is 44.2. The predicted octanol–water partition coefficient (Wildman–Crippen LogP) is 3.72. The Labute approximate surface area is 147 Å². The number of alkyl halides is 3. The van der Waals surface area contributed by atoms with Gasteiger partial charge in [0.2, 0.25) is 5.91 Å². The van der Waals surface area contributed by atoms with Crippen LogP contribution < -0.4 is 0 Å². The number of aromatic nitrogens is 2. The lowest BCUT2D eigenvalue weighted by molar-refractivity contribution is -0.142. The maximum Gasteiger partial charge on any atom is 0.435 e. The SMILES string of the molecule is O=C(Cn1ccc(C(F)(F)F)n1)N(Cc1ccccc1)Cc1ccco1. The quantitative estimate of drug-likeness (QED) is 0.671. The van der Waals surface area contributed by atoms with E-state index in [0.29, 0.717) is 12.3 Å². The Kier molecular flexibility index (Phi) is 5.11. The third kappa shape index (κ3) is 4.53. The first-order valence-electron chi connectivity index (χ1n) is 7.86. The maximum atomic E-state index is 12.7. The van der Waals surface area contributed by atoms with E-state index in [4.69, 9.17) is 4.42 Å². The Morgan fingerprint density at radius 2 is 1.85 bits per heavy atom. The Morgan fingerprint density at radius 3 is 2.46 bits per heavy atom. The summed E-state index contributed by atoms with van der Waals surface area (Å²) in [5, 5.41) is 3.43. The Bertz CT molecular complexity index is 842. The van der Waals surface area contributed by atoms with E-state index in [1.54, 1.807) is 12.1 Å². The summed E-state index contributed by atoms with van der Waals surface area (Å²) in [4.78, 5) is 14.2. The van der Waals surface area contributed by atoms with Gasteiger partial charge in [-0.05, 0) is 23.8 Å². The first-order valence-corrected chi connectivity index (χ1v) is 7.86. The van der Waals surface area contributed by atoms with Crippen LogP contribution in [-0.4, -0.2) is 20.6 Å². The van der Waals surface area contributed by atoms with Crippen LogP contribution in [0, 0.1) is 0 Å². The summed E-state index contributed by atoms with van der Waals surface area (Å²) in [5.41, 5.74) is -0.116. The van der Waals surface area contributed by atoms with Crippen LogP contribution in [0.2, 0.25) is 0 Å². The third-order valence-electron chi connectivity index (χ3n) is 3.72. The van der Waals surface area contributed by atoms with Crippen molar-refractivity contribution in [1.82, 2.24) is 14.7 Å². The maximum absolute atomic E-state index is 12.7. The summed E-state index contributed by atoms with van der Waals surface area (Å²) in [7, 11) is 0. The molecule has 0 aliphatic heterocycles. The van der Waals surface area contributed by atoms with Crippen molar-refractivity contribution in [1.29, 1.82) is 0 Å². The van der Waals surface area contributed by atoms with E-state index in [-0.39, 0.29) is 19.0 Å². The van der Waals surface area contributed by atoms with Crippen LogP contribution in [0.4, 0.5) is 13.2 Å². The van der Waals surface area contributed by atoms with Crippen LogP contribution in [-0.2, 0) is 30.6 Å². The van der Waals surface area contributed by atoms with Crippen molar-refractivity contribution in [2.45, 2.75) is 25.8 Å². The van der Waals surface area contributed by atoms with Gasteiger partial charge in [-0.3, -0.25) is 9.48 Å². The molecule has 0 fully saturated rings. The molecule has 0 aliphatic carbocycles. The second-order valence-corrected chi connectivity index (χ2v) is 5.71. The van der Waals surface area contributed by atoms with Gasteiger partial charge in [0.15, 0.2) is 5.69 Å². The minimum atomic E-state index is -4.54. The number of furan rings is 1. The molecule has 8 heteroatoms. The van der Waals surface area contributed by atoms with Crippen LogP contribution in [0.1, 0.15) is 17.0 Å². The molecule has 0 N–H and O–H groups in total. The highest BCUT2D eigenvalue weighted by atomic mass is 19.4. The van der Waals surface area contributed by atoms with Gasteiger partial charge in [-0.25, -0.2) is 0 Å². The van der Waals surface area contributed by atoms with E-state index in [9.17, 15) is 18.0 Å². The summed E-state index contributed by atoms with van der Waals surface area (Å²) in [5.74, 6) is 0.229. The van der Waals surface area contributed by atoms with E-state index >= 15 is 0 Å². The molecule has 0 saturated heterocycles. The molecule has 0 bridgehead atoms. The lowest BCUT2D eigenvalue weighted by atomic mass is 10.2. The zero-order valence-corrected chi connectivity index (χ0v) is 13.7. The van der Waals surface area contributed by atoms with Gasteiger partial charge < -0.3 is 9.32 Å². The number of carbonyl (C=O) groups excluding carboxylic acids is 1. The molecule has 136 valence electrons. The van der Waals surface area contributed by atoms with E-state index in [0.717, 1.165) is 22.5 Å². The average Bonchev–Trinajstić information content (AvgIpc) is 3.26. The number of benzene rings is 1. The zero-order valence-electron chi connectivity index (χ0n) is 13.7. The molecule has 5 nitrogen and oxygen atoms in total. The summed E-state index contributed by atoms with van der Waals surface area (Å²) in [6, 6.07) is 13.6. The van der Waals surface area contributed by atoms with Gasteiger partial charge in [0.05, 0.1) is 12.8 Å². The smallest absolute Gasteiger partial charge is 0.435 e. The molecular weight excluding hydrogens is 347 g/mol. The van der Waals surface area contributed by atoms with Crippen LogP contribution in [0.25, 0.3) is 0 Å². The fourth-order valence-corrected chi connectivity index (χ4v) is 2.47. The third-order valence-corrected chi connectivity index (χ3v) is 3.72. The van der Waals surface area contributed by atoms with Gasteiger partial charge in [-0.15, -0.1) is 0 Å². The molecular formula is C18H16F3N3O2. The number of carbonyl (C=O) groups is 1. The molecule has 3 rings (SSSR count). The standard InChI is InChI=1S/C18H16F3N3O2/c19-18(20,21)16-8-9-24(22-16)13-17(25)23(12-15-7-4-10-26-15)11-14-5-2-1-3-6-14/h1-10H,11-13H2. The predicted molar refractivity (Wildman–Crippen MR) is 86.6 cm³/mol. The van der Waals surface area contributed by atoms with E-state index in [1.807, 2.05) is 30.3 Å². The van der Waals surface area contributed by atoms with Crippen LogP contribution in [0.15, 0.2) is 65.4 Å². The largest absolute Gasteiger partial charge is 0.467 e. The molecule has 2 heterocycles. The molecule has 0 spiro atoms. The van der Waals surface area contributed by atoms with Crippen molar-refractivity contribution in [3.05, 3.63) is 78.0 Å². The fraction of sp³-hybridized carbons (Fsp3) is 0.222.